The summed E-state index contributed by atoms with van der Waals surface area (Å²) in [5, 5.41) is 12.7. The van der Waals surface area contributed by atoms with Crippen LogP contribution in [-0.2, 0) is 9.63 Å². The number of carbonyl (C=O) groups is 1. The number of rotatable bonds is 5. The van der Waals surface area contributed by atoms with Crippen LogP contribution >= 0.6 is 0 Å². The van der Waals surface area contributed by atoms with Crippen molar-refractivity contribution in [3.05, 3.63) is 11.6 Å². The van der Waals surface area contributed by atoms with Gasteiger partial charge in [-0.2, -0.15) is 0 Å². The first kappa shape index (κ1) is 13.3. The van der Waals surface area contributed by atoms with Crippen molar-refractivity contribution < 1.29 is 14.7 Å². The fourth-order valence-electron chi connectivity index (χ4n) is 1.98. The molecule has 4 nitrogen and oxygen atoms in total. The van der Waals surface area contributed by atoms with E-state index in [9.17, 15) is 4.79 Å². The molecule has 0 saturated heterocycles. The Bertz CT molecular complexity index is 401. The number of hydrogen-bond donors (Lipinski definition) is 1. The summed E-state index contributed by atoms with van der Waals surface area (Å²) in [5.41, 5.74) is 0.699. The lowest BCUT2D eigenvalue weighted by molar-refractivity contribution is -0.139. The number of aliphatic carboxylic acids is 1. The summed E-state index contributed by atoms with van der Waals surface area (Å²) in [7, 11) is 0. The van der Waals surface area contributed by atoms with Crippen LogP contribution in [0.1, 0.15) is 20.8 Å². The first-order valence-electron chi connectivity index (χ1n) is 5.41. The monoisotopic (exact) mass is 235 g/mol. The van der Waals surface area contributed by atoms with Gasteiger partial charge in [0.1, 0.15) is 0 Å². The summed E-state index contributed by atoms with van der Waals surface area (Å²) >= 11 is 0. The molecule has 0 bridgehead atoms. The van der Waals surface area contributed by atoms with E-state index in [0.29, 0.717) is 0 Å². The van der Waals surface area contributed by atoms with E-state index in [1.807, 2.05) is 26.8 Å². The molecule has 2 unspecified atom stereocenters. The van der Waals surface area contributed by atoms with Crippen LogP contribution in [0.2, 0.25) is 0 Å². The van der Waals surface area contributed by atoms with E-state index in [1.165, 1.54) is 0 Å². The molecule has 0 spiro atoms. The van der Waals surface area contributed by atoms with E-state index < -0.39 is 5.97 Å². The minimum absolute atomic E-state index is 0.0547. The van der Waals surface area contributed by atoms with Gasteiger partial charge in [-0.15, -0.1) is 6.42 Å². The van der Waals surface area contributed by atoms with Gasteiger partial charge in [0, 0.05) is 0 Å². The van der Waals surface area contributed by atoms with Crippen LogP contribution in [0.3, 0.4) is 0 Å². The van der Waals surface area contributed by atoms with Gasteiger partial charge in [0.2, 0.25) is 0 Å². The van der Waals surface area contributed by atoms with Crippen LogP contribution in [0.15, 0.2) is 16.8 Å². The Morgan fingerprint density at radius 2 is 2.29 bits per heavy atom. The number of hydrogen-bond acceptors (Lipinski definition) is 3. The van der Waals surface area contributed by atoms with Gasteiger partial charge >= 0.3 is 5.97 Å². The van der Waals surface area contributed by atoms with Crippen molar-refractivity contribution >= 4 is 12.2 Å². The summed E-state index contributed by atoms with van der Waals surface area (Å²) < 4.78 is 0. The number of terminal acetylenes is 1. The molecule has 1 aliphatic carbocycles. The Kier molecular flexibility index (Phi) is 3.95. The topological polar surface area (TPSA) is 58.9 Å². The van der Waals surface area contributed by atoms with E-state index in [2.05, 4.69) is 11.1 Å². The number of nitrogens with zero attached hydrogens (tertiary/aromatic N) is 1. The summed E-state index contributed by atoms with van der Waals surface area (Å²) in [6.07, 6.45) is 8.46. The Morgan fingerprint density at radius 3 is 2.76 bits per heavy atom. The van der Waals surface area contributed by atoms with Crippen molar-refractivity contribution in [2.24, 2.45) is 22.4 Å². The highest BCUT2D eigenvalue weighted by atomic mass is 16.6. The molecule has 0 aromatic carbocycles. The third kappa shape index (κ3) is 3.10. The Hall–Kier alpha value is -1.76. The molecule has 0 heterocycles. The quantitative estimate of drug-likeness (QED) is 0.343. The molecule has 1 rings (SSSR count). The average Bonchev–Trinajstić information content (AvgIpc) is 2.75. The van der Waals surface area contributed by atoms with E-state index in [4.69, 9.17) is 16.4 Å². The zero-order chi connectivity index (χ0) is 13.1. The predicted molar refractivity (Wildman–Crippen MR) is 65.4 cm³/mol. The van der Waals surface area contributed by atoms with Crippen LogP contribution in [0.25, 0.3) is 0 Å². The first-order chi connectivity index (χ1) is 7.91. The largest absolute Gasteiger partial charge is 0.481 e. The van der Waals surface area contributed by atoms with Crippen LogP contribution in [0, 0.1) is 29.6 Å². The lowest BCUT2D eigenvalue weighted by Crippen LogP contribution is -2.03. The van der Waals surface area contributed by atoms with Gasteiger partial charge in [0.25, 0.3) is 0 Å². The number of oxime groups is 1. The van der Waals surface area contributed by atoms with Gasteiger partial charge in [-0.1, -0.05) is 31.0 Å². The fourth-order valence-corrected chi connectivity index (χ4v) is 1.98. The van der Waals surface area contributed by atoms with Gasteiger partial charge in [-0.05, 0) is 23.8 Å². The molecule has 0 amide bonds. The molecular formula is C13H17NO3. The highest BCUT2D eigenvalue weighted by Gasteiger charge is 2.60. The third-order valence-electron chi connectivity index (χ3n) is 3.10. The van der Waals surface area contributed by atoms with E-state index in [1.54, 1.807) is 6.21 Å². The average molecular weight is 235 g/mol. The second-order valence-corrected chi connectivity index (χ2v) is 4.79. The summed E-state index contributed by atoms with van der Waals surface area (Å²) in [5.74, 6) is 1.30. The van der Waals surface area contributed by atoms with Gasteiger partial charge in [-0.25, -0.2) is 0 Å². The van der Waals surface area contributed by atoms with E-state index >= 15 is 0 Å². The molecular weight excluding hydrogens is 218 g/mol. The van der Waals surface area contributed by atoms with Crippen molar-refractivity contribution in [1.29, 1.82) is 0 Å². The lowest BCUT2D eigenvalue weighted by atomic mass is 10.1. The summed E-state index contributed by atoms with van der Waals surface area (Å²) in [6, 6.07) is 0. The maximum atomic E-state index is 11.0. The van der Waals surface area contributed by atoms with Crippen molar-refractivity contribution in [1.82, 2.24) is 0 Å². The smallest absolute Gasteiger partial charge is 0.307 e. The second kappa shape index (κ2) is 5.05. The SMILES string of the molecule is C#CCON=CC(C)=CC1C(C(=O)O)C1(C)C. The molecule has 1 aliphatic rings. The van der Waals surface area contributed by atoms with Crippen LogP contribution in [-0.4, -0.2) is 23.9 Å². The molecule has 1 fully saturated rings. The zero-order valence-electron chi connectivity index (χ0n) is 10.3. The van der Waals surface area contributed by atoms with Crippen molar-refractivity contribution in [2.45, 2.75) is 20.8 Å². The van der Waals surface area contributed by atoms with E-state index in [-0.39, 0.29) is 23.9 Å². The highest BCUT2D eigenvalue weighted by molar-refractivity contribution is 5.80. The van der Waals surface area contributed by atoms with Crippen LogP contribution < -0.4 is 0 Å². The van der Waals surface area contributed by atoms with E-state index in [0.717, 1.165) is 5.57 Å². The zero-order valence-corrected chi connectivity index (χ0v) is 10.3. The van der Waals surface area contributed by atoms with Gasteiger partial charge in [-0.3, -0.25) is 4.79 Å². The Morgan fingerprint density at radius 1 is 1.65 bits per heavy atom. The minimum Gasteiger partial charge on any atom is -0.481 e. The number of allylic oxidation sites excluding steroid dienone is 2. The first-order valence-corrected chi connectivity index (χ1v) is 5.41. The normalized spacial score (nSPS) is 26.6. The highest BCUT2D eigenvalue weighted by Crippen LogP contribution is 2.59. The summed E-state index contributed by atoms with van der Waals surface area (Å²) in [6.45, 7) is 5.89. The molecule has 0 aromatic rings. The molecule has 0 aliphatic heterocycles. The number of carboxylic acid groups (broad SMARTS) is 1. The second-order valence-electron chi connectivity index (χ2n) is 4.79. The Balaban J connectivity index is 2.57. The maximum Gasteiger partial charge on any atom is 0.307 e. The molecule has 0 radical (unpaired) electrons. The van der Waals surface area contributed by atoms with Gasteiger partial charge in [0.05, 0.1) is 12.1 Å². The van der Waals surface area contributed by atoms with Gasteiger partial charge < -0.3 is 9.94 Å². The Labute approximate surface area is 101 Å². The molecule has 4 heteroatoms. The number of carboxylic acids is 1. The van der Waals surface area contributed by atoms with Crippen molar-refractivity contribution in [2.75, 3.05) is 6.61 Å². The van der Waals surface area contributed by atoms with Crippen LogP contribution in [0.4, 0.5) is 0 Å². The fraction of sp³-hybridized carbons (Fsp3) is 0.538. The summed E-state index contributed by atoms with van der Waals surface area (Å²) in [4.78, 5) is 15.7. The minimum atomic E-state index is -0.746. The molecule has 17 heavy (non-hydrogen) atoms. The maximum absolute atomic E-state index is 11.0. The molecule has 1 saturated carbocycles. The standard InChI is InChI=1S/C13H17NO3/c1-5-6-17-14-8-9(2)7-10-11(12(15)16)13(10,3)4/h1,7-8,10-11H,6H2,2-4H3,(H,15,16). The lowest BCUT2D eigenvalue weighted by Gasteiger charge is -1.97. The molecule has 2 atom stereocenters. The molecule has 1 N–H and O–H groups in total. The molecule has 92 valence electrons. The van der Waals surface area contributed by atoms with Gasteiger partial charge in [0.15, 0.2) is 6.61 Å². The van der Waals surface area contributed by atoms with Crippen molar-refractivity contribution in [3.63, 3.8) is 0 Å². The third-order valence-corrected chi connectivity index (χ3v) is 3.10. The van der Waals surface area contributed by atoms with Crippen molar-refractivity contribution in [3.8, 4) is 12.3 Å². The predicted octanol–water partition coefficient (Wildman–Crippen LogP) is 1.93. The van der Waals surface area contributed by atoms with Crippen LogP contribution in [0.5, 0.6) is 0 Å². The molecule has 0 aromatic heterocycles.